The van der Waals surface area contributed by atoms with Gasteiger partial charge in [-0.25, -0.2) is 13.9 Å². The van der Waals surface area contributed by atoms with Crippen molar-refractivity contribution in [3.63, 3.8) is 0 Å². The summed E-state index contributed by atoms with van der Waals surface area (Å²) < 4.78 is 43.4. The van der Waals surface area contributed by atoms with Crippen LogP contribution in [-0.4, -0.2) is 24.2 Å². The number of amides is 2. The van der Waals surface area contributed by atoms with Crippen LogP contribution < -0.4 is 10.0 Å². The SMILES string of the molecule is CCc1c(S(=O)(=O)NC(=O)Nc2c(C(C)C)cc(F)cc2C(C)C)nn(C)c1CC. The van der Waals surface area contributed by atoms with Crippen LogP contribution in [0.4, 0.5) is 14.9 Å². The fourth-order valence-electron chi connectivity index (χ4n) is 3.60. The van der Waals surface area contributed by atoms with Gasteiger partial charge >= 0.3 is 6.03 Å². The second kappa shape index (κ2) is 9.16. The molecule has 0 unspecified atom stereocenters. The van der Waals surface area contributed by atoms with Crippen molar-refractivity contribution in [3.8, 4) is 0 Å². The Bertz CT molecular complexity index is 1010. The fourth-order valence-corrected chi connectivity index (χ4v) is 4.81. The third-order valence-corrected chi connectivity index (χ3v) is 6.35. The van der Waals surface area contributed by atoms with Crippen LogP contribution in [0.15, 0.2) is 17.2 Å². The largest absolute Gasteiger partial charge is 0.333 e. The van der Waals surface area contributed by atoms with Crippen molar-refractivity contribution < 1.29 is 17.6 Å². The zero-order chi connectivity index (χ0) is 22.8. The van der Waals surface area contributed by atoms with E-state index in [0.717, 1.165) is 5.69 Å². The number of hydrogen-bond acceptors (Lipinski definition) is 4. The first-order chi connectivity index (χ1) is 13.9. The second-order valence-corrected chi connectivity index (χ2v) is 9.49. The molecule has 1 aromatic heterocycles. The maximum absolute atomic E-state index is 14.1. The van der Waals surface area contributed by atoms with Crippen molar-refractivity contribution in [2.75, 3.05) is 5.32 Å². The van der Waals surface area contributed by atoms with Crippen LogP contribution >= 0.6 is 0 Å². The highest BCUT2D eigenvalue weighted by Gasteiger charge is 2.28. The van der Waals surface area contributed by atoms with Gasteiger partial charge in [-0.05, 0) is 47.9 Å². The van der Waals surface area contributed by atoms with E-state index in [9.17, 15) is 17.6 Å². The zero-order valence-corrected chi connectivity index (χ0v) is 19.4. The lowest BCUT2D eigenvalue weighted by atomic mass is 9.92. The first kappa shape index (κ1) is 23.9. The Balaban J connectivity index is 2.41. The molecule has 1 heterocycles. The molecule has 2 aromatic rings. The number of carbonyl (C=O) groups is 1. The number of rotatable bonds is 7. The van der Waals surface area contributed by atoms with Crippen LogP contribution in [-0.2, 0) is 29.9 Å². The first-order valence-corrected chi connectivity index (χ1v) is 11.6. The second-order valence-electron chi connectivity index (χ2n) is 7.89. The number of urea groups is 1. The molecule has 30 heavy (non-hydrogen) atoms. The first-order valence-electron chi connectivity index (χ1n) is 10.1. The Hall–Kier alpha value is -2.42. The van der Waals surface area contributed by atoms with Crippen molar-refractivity contribution in [2.45, 2.75) is 71.2 Å². The summed E-state index contributed by atoms with van der Waals surface area (Å²) in [5.41, 5.74) is 3.03. The third-order valence-electron chi connectivity index (χ3n) is 5.05. The number of anilines is 1. The molecule has 0 fully saturated rings. The van der Waals surface area contributed by atoms with Crippen LogP contribution in [0.25, 0.3) is 0 Å². The average Bonchev–Trinajstić information content (AvgIpc) is 2.98. The van der Waals surface area contributed by atoms with Gasteiger partial charge < -0.3 is 5.32 Å². The van der Waals surface area contributed by atoms with Gasteiger partial charge in [-0.15, -0.1) is 0 Å². The topological polar surface area (TPSA) is 93.1 Å². The van der Waals surface area contributed by atoms with E-state index in [0.29, 0.717) is 35.2 Å². The Kier molecular flexibility index (Phi) is 7.28. The number of halogens is 1. The monoisotopic (exact) mass is 438 g/mol. The molecule has 2 rings (SSSR count). The minimum absolute atomic E-state index is 0.0697. The smallest absolute Gasteiger partial charge is 0.307 e. The van der Waals surface area contributed by atoms with E-state index >= 15 is 0 Å². The van der Waals surface area contributed by atoms with Crippen molar-refractivity contribution >= 4 is 21.7 Å². The van der Waals surface area contributed by atoms with E-state index in [-0.39, 0.29) is 16.9 Å². The molecule has 0 aliphatic carbocycles. The van der Waals surface area contributed by atoms with Gasteiger partial charge in [0.05, 0.1) is 0 Å². The van der Waals surface area contributed by atoms with E-state index in [2.05, 4.69) is 15.1 Å². The van der Waals surface area contributed by atoms with Gasteiger partial charge in [-0.1, -0.05) is 41.5 Å². The number of nitrogens with one attached hydrogen (secondary N) is 2. The quantitative estimate of drug-likeness (QED) is 0.668. The Labute approximate surface area is 178 Å². The molecule has 7 nitrogen and oxygen atoms in total. The van der Waals surface area contributed by atoms with E-state index in [1.807, 2.05) is 41.5 Å². The molecule has 0 bridgehead atoms. The van der Waals surface area contributed by atoms with E-state index < -0.39 is 21.9 Å². The maximum atomic E-state index is 14.1. The van der Waals surface area contributed by atoms with Gasteiger partial charge in [0.2, 0.25) is 5.03 Å². The van der Waals surface area contributed by atoms with Crippen molar-refractivity contribution in [3.05, 3.63) is 40.3 Å². The van der Waals surface area contributed by atoms with Gasteiger partial charge in [-0.2, -0.15) is 13.5 Å². The van der Waals surface area contributed by atoms with Gasteiger partial charge in [0.1, 0.15) is 5.82 Å². The average molecular weight is 439 g/mol. The van der Waals surface area contributed by atoms with Crippen LogP contribution in [0.3, 0.4) is 0 Å². The number of sulfonamides is 1. The van der Waals surface area contributed by atoms with Gasteiger partial charge in [0.25, 0.3) is 10.0 Å². The summed E-state index contributed by atoms with van der Waals surface area (Å²) in [5.74, 6) is -0.534. The highest BCUT2D eigenvalue weighted by Crippen LogP contribution is 2.33. The summed E-state index contributed by atoms with van der Waals surface area (Å²) >= 11 is 0. The highest BCUT2D eigenvalue weighted by molar-refractivity contribution is 7.90. The Morgan fingerprint density at radius 1 is 1.10 bits per heavy atom. The minimum atomic E-state index is -4.18. The number of hydrogen-bond donors (Lipinski definition) is 2. The van der Waals surface area contributed by atoms with Crippen LogP contribution in [0.5, 0.6) is 0 Å². The maximum Gasteiger partial charge on any atom is 0.333 e. The minimum Gasteiger partial charge on any atom is -0.307 e. The summed E-state index contributed by atoms with van der Waals surface area (Å²) in [7, 11) is -2.50. The number of benzene rings is 1. The third kappa shape index (κ3) is 4.83. The lowest BCUT2D eigenvalue weighted by molar-refractivity contribution is 0.256. The predicted molar refractivity (Wildman–Crippen MR) is 116 cm³/mol. The summed E-state index contributed by atoms with van der Waals surface area (Å²) in [5, 5.41) is 6.61. The van der Waals surface area contributed by atoms with Crippen LogP contribution in [0.1, 0.15) is 75.8 Å². The molecular weight excluding hydrogens is 407 g/mol. The van der Waals surface area contributed by atoms with Gasteiger partial charge in [-0.3, -0.25) is 4.68 Å². The molecule has 1 aromatic carbocycles. The number of nitrogens with zero attached hydrogens (tertiary/aromatic N) is 2. The summed E-state index contributed by atoms with van der Waals surface area (Å²) in [6.45, 7) is 11.3. The zero-order valence-electron chi connectivity index (χ0n) is 18.6. The molecule has 0 radical (unpaired) electrons. The molecule has 9 heteroatoms. The molecule has 0 saturated heterocycles. The summed E-state index contributed by atoms with van der Waals surface area (Å²) in [6, 6.07) is 1.82. The molecule has 2 amide bonds. The molecule has 0 saturated carbocycles. The number of aromatic nitrogens is 2. The van der Waals surface area contributed by atoms with E-state index in [1.165, 1.54) is 16.8 Å². The molecule has 0 spiro atoms. The van der Waals surface area contributed by atoms with Crippen molar-refractivity contribution in [2.24, 2.45) is 7.05 Å². The highest BCUT2D eigenvalue weighted by atomic mass is 32.2. The lowest BCUT2D eigenvalue weighted by Gasteiger charge is -2.20. The Morgan fingerprint density at radius 3 is 2.07 bits per heavy atom. The standard InChI is InChI=1S/C21H31FN4O3S/c1-8-15-18(9-2)26(7)24-20(15)30(28,29)25-21(27)23-19-16(12(3)4)10-14(22)11-17(19)13(5)6/h10-13H,8-9H2,1-7H3,(H2,23,25,27). The normalized spacial score (nSPS) is 11.9. The predicted octanol–water partition coefficient (Wildman–Crippen LogP) is 4.44. The fraction of sp³-hybridized carbons (Fsp3) is 0.524. The molecule has 0 aliphatic heterocycles. The van der Waals surface area contributed by atoms with Crippen molar-refractivity contribution in [1.29, 1.82) is 0 Å². The number of carbonyl (C=O) groups excluding carboxylic acids is 1. The molecule has 0 atom stereocenters. The van der Waals surface area contributed by atoms with Crippen LogP contribution in [0.2, 0.25) is 0 Å². The summed E-state index contributed by atoms with van der Waals surface area (Å²) in [4.78, 5) is 12.7. The number of aryl methyl sites for hydroxylation is 1. The van der Waals surface area contributed by atoms with Gasteiger partial charge in [0.15, 0.2) is 0 Å². The molecular formula is C21H31FN4O3S. The lowest BCUT2D eigenvalue weighted by Crippen LogP contribution is -2.35. The molecule has 2 N–H and O–H groups in total. The Morgan fingerprint density at radius 2 is 1.63 bits per heavy atom. The summed E-state index contributed by atoms with van der Waals surface area (Å²) in [6.07, 6.45) is 1.10. The van der Waals surface area contributed by atoms with Crippen molar-refractivity contribution in [1.82, 2.24) is 14.5 Å². The van der Waals surface area contributed by atoms with E-state index in [1.54, 1.807) is 7.05 Å². The molecule has 0 aliphatic rings. The molecule has 166 valence electrons. The van der Waals surface area contributed by atoms with Crippen LogP contribution in [0, 0.1) is 5.82 Å². The van der Waals surface area contributed by atoms with Gasteiger partial charge in [0, 0.05) is 24.0 Å². The van der Waals surface area contributed by atoms with E-state index in [4.69, 9.17) is 0 Å².